The zero-order chi connectivity index (χ0) is 18.7. The van der Waals surface area contributed by atoms with Crippen molar-refractivity contribution in [1.82, 2.24) is 4.98 Å². The van der Waals surface area contributed by atoms with Gasteiger partial charge in [0.2, 0.25) is 0 Å². The summed E-state index contributed by atoms with van der Waals surface area (Å²) in [6, 6.07) is 30.1. The molecule has 28 heavy (non-hydrogen) atoms. The summed E-state index contributed by atoms with van der Waals surface area (Å²) in [5, 5.41) is 6.39. The van der Waals surface area contributed by atoms with Crippen molar-refractivity contribution in [2.75, 3.05) is 0 Å². The van der Waals surface area contributed by atoms with Crippen molar-refractivity contribution in [2.24, 2.45) is 0 Å². The third-order valence-electron chi connectivity index (χ3n) is 5.33. The lowest BCUT2D eigenvalue weighted by Gasteiger charge is -2.11. The maximum atomic E-state index is 5.05. The molecule has 0 bridgehead atoms. The van der Waals surface area contributed by atoms with Gasteiger partial charge >= 0.3 is 0 Å². The zero-order valence-corrected chi connectivity index (χ0v) is 17.2. The highest BCUT2D eigenvalue weighted by Gasteiger charge is 2.15. The second-order valence-corrected chi connectivity index (χ2v) is 8.92. The summed E-state index contributed by atoms with van der Waals surface area (Å²) < 4.78 is 3.75. The minimum atomic E-state index is 1.04. The molecular formula is C25H14BrNS. The fraction of sp³-hybridized carbons (Fsp3) is 0. The highest BCUT2D eigenvalue weighted by molar-refractivity contribution is 9.10. The Labute approximate surface area is 174 Å². The quantitative estimate of drug-likeness (QED) is 0.235. The molecule has 0 aliphatic rings. The van der Waals surface area contributed by atoms with Crippen molar-refractivity contribution in [3.05, 3.63) is 89.4 Å². The number of fused-ring (bicyclic) bond motifs is 7. The molecule has 0 N–H and O–H groups in total. The lowest BCUT2D eigenvalue weighted by Crippen LogP contribution is -1.89. The van der Waals surface area contributed by atoms with Gasteiger partial charge in [-0.2, -0.15) is 0 Å². The first-order valence-electron chi connectivity index (χ1n) is 9.18. The molecule has 0 atom stereocenters. The number of thiophene rings is 1. The van der Waals surface area contributed by atoms with Crippen LogP contribution >= 0.6 is 27.3 Å². The lowest BCUT2D eigenvalue weighted by atomic mass is 9.98. The number of hydrogen-bond donors (Lipinski definition) is 0. The molecule has 2 heterocycles. The van der Waals surface area contributed by atoms with Gasteiger partial charge in [0.15, 0.2) is 0 Å². The van der Waals surface area contributed by atoms with Crippen molar-refractivity contribution in [1.29, 1.82) is 0 Å². The predicted octanol–water partition coefficient (Wildman–Crippen LogP) is 8.19. The molecule has 3 heteroatoms. The minimum Gasteiger partial charge on any atom is -0.247 e. The molecule has 132 valence electrons. The molecule has 0 fully saturated rings. The number of aromatic nitrogens is 1. The zero-order valence-electron chi connectivity index (χ0n) is 14.8. The summed E-state index contributed by atoms with van der Waals surface area (Å²) >= 11 is 5.42. The number of benzene rings is 4. The number of hydrogen-bond acceptors (Lipinski definition) is 2. The van der Waals surface area contributed by atoms with E-state index >= 15 is 0 Å². The van der Waals surface area contributed by atoms with Crippen molar-refractivity contribution in [2.45, 2.75) is 0 Å². The van der Waals surface area contributed by atoms with E-state index in [4.69, 9.17) is 4.98 Å². The van der Waals surface area contributed by atoms with Crippen LogP contribution in [0.25, 0.3) is 53.1 Å². The molecule has 0 unspecified atom stereocenters. The van der Waals surface area contributed by atoms with Gasteiger partial charge < -0.3 is 0 Å². The summed E-state index contributed by atoms with van der Waals surface area (Å²) in [7, 11) is 0. The van der Waals surface area contributed by atoms with E-state index < -0.39 is 0 Å². The highest BCUT2D eigenvalue weighted by atomic mass is 79.9. The Hall–Kier alpha value is -2.75. The largest absolute Gasteiger partial charge is 0.247 e. The molecular weight excluding hydrogens is 426 g/mol. The van der Waals surface area contributed by atoms with E-state index in [-0.39, 0.29) is 0 Å². The van der Waals surface area contributed by atoms with Crippen LogP contribution in [-0.4, -0.2) is 4.98 Å². The SMILES string of the molecule is Brc1ccc(-c2nc3ccccc3c3c2ccc2c4ccccc4sc23)cc1. The predicted molar refractivity (Wildman–Crippen MR) is 125 cm³/mol. The van der Waals surface area contributed by atoms with E-state index in [1.54, 1.807) is 0 Å². The standard InChI is InChI=1S/C25H14BrNS/c26-16-11-9-15(10-12-16)24-20-14-13-18-17-5-2-4-8-22(17)28-25(18)23(20)19-6-1-3-7-21(19)27-24/h1-14H. The van der Waals surface area contributed by atoms with Gasteiger partial charge in [-0.05, 0) is 24.3 Å². The smallest absolute Gasteiger partial charge is 0.0788 e. The van der Waals surface area contributed by atoms with Gasteiger partial charge in [0, 0.05) is 46.4 Å². The average molecular weight is 440 g/mol. The van der Waals surface area contributed by atoms with Crippen LogP contribution in [0.5, 0.6) is 0 Å². The Bertz CT molecular complexity index is 1510. The molecule has 0 saturated heterocycles. The monoisotopic (exact) mass is 439 g/mol. The molecule has 4 aromatic carbocycles. The first-order valence-corrected chi connectivity index (χ1v) is 10.8. The molecule has 0 spiro atoms. The van der Waals surface area contributed by atoms with E-state index in [1.165, 1.54) is 36.3 Å². The molecule has 2 aromatic heterocycles. The maximum Gasteiger partial charge on any atom is 0.0788 e. The Morgan fingerprint density at radius 1 is 0.643 bits per heavy atom. The number of pyridine rings is 1. The maximum absolute atomic E-state index is 5.05. The second kappa shape index (κ2) is 6.13. The topological polar surface area (TPSA) is 12.9 Å². The number of para-hydroxylation sites is 1. The molecule has 1 nitrogen and oxygen atoms in total. The van der Waals surface area contributed by atoms with Crippen LogP contribution in [0.4, 0.5) is 0 Å². The Kier molecular flexibility index (Phi) is 3.55. The van der Waals surface area contributed by atoms with Crippen LogP contribution in [0.1, 0.15) is 0 Å². The molecule has 6 aromatic rings. The summed E-state index contributed by atoms with van der Waals surface area (Å²) in [6.45, 7) is 0. The second-order valence-electron chi connectivity index (χ2n) is 6.95. The Morgan fingerprint density at radius 3 is 2.21 bits per heavy atom. The number of halogens is 1. The number of nitrogens with zero attached hydrogens (tertiary/aromatic N) is 1. The van der Waals surface area contributed by atoms with Crippen molar-refractivity contribution >= 4 is 69.1 Å². The van der Waals surface area contributed by atoms with E-state index in [1.807, 2.05) is 11.3 Å². The van der Waals surface area contributed by atoms with Crippen LogP contribution in [0.15, 0.2) is 89.4 Å². The van der Waals surface area contributed by atoms with Gasteiger partial charge in [-0.1, -0.05) is 76.6 Å². The van der Waals surface area contributed by atoms with Crippen LogP contribution in [0.3, 0.4) is 0 Å². The van der Waals surface area contributed by atoms with E-state index in [2.05, 4.69) is 101 Å². The van der Waals surface area contributed by atoms with Gasteiger partial charge in [-0.3, -0.25) is 0 Å². The Morgan fingerprint density at radius 2 is 1.36 bits per heavy atom. The van der Waals surface area contributed by atoms with E-state index in [9.17, 15) is 0 Å². The fourth-order valence-corrected chi connectivity index (χ4v) is 5.57. The summed E-state index contributed by atoms with van der Waals surface area (Å²) in [5.41, 5.74) is 3.22. The lowest BCUT2D eigenvalue weighted by molar-refractivity contribution is 1.43. The summed E-state index contributed by atoms with van der Waals surface area (Å²) in [6.07, 6.45) is 0. The molecule has 0 aliphatic heterocycles. The fourth-order valence-electron chi connectivity index (χ4n) is 4.04. The molecule has 0 saturated carbocycles. The highest BCUT2D eigenvalue weighted by Crippen LogP contribution is 2.43. The third kappa shape index (κ3) is 2.33. The van der Waals surface area contributed by atoms with Gasteiger partial charge in [0.25, 0.3) is 0 Å². The van der Waals surface area contributed by atoms with E-state index in [0.717, 1.165) is 21.2 Å². The average Bonchev–Trinajstić information content (AvgIpc) is 3.12. The first kappa shape index (κ1) is 16.2. The van der Waals surface area contributed by atoms with Crippen molar-refractivity contribution in [3.63, 3.8) is 0 Å². The van der Waals surface area contributed by atoms with Gasteiger partial charge in [0.1, 0.15) is 0 Å². The van der Waals surface area contributed by atoms with Crippen LogP contribution in [0, 0.1) is 0 Å². The molecule has 0 amide bonds. The summed E-state index contributed by atoms with van der Waals surface area (Å²) in [5.74, 6) is 0. The van der Waals surface area contributed by atoms with Crippen molar-refractivity contribution < 1.29 is 0 Å². The molecule has 0 radical (unpaired) electrons. The van der Waals surface area contributed by atoms with Gasteiger partial charge in [0.05, 0.1) is 11.2 Å². The van der Waals surface area contributed by atoms with Crippen molar-refractivity contribution in [3.8, 4) is 11.3 Å². The van der Waals surface area contributed by atoms with Crippen LogP contribution < -0.4 is 0 Å². The first-order chi connectivity index (χ1) is 13.8. The van der Waals surface area contributed by atoms with Crippen LogP contribution in [-0.2, 0) is 0 Å². The minimum absolute atomic E-state index is 1.04. The summed E-state index contributed by atoms with van der Waals surface area (Å²) in [4.78, 5) is 5.05. The number of rotatable bonds is 1. The Balaban J connectivity index is 1.85. The molecule has 6 rings (SSSR count). The van der Waals surface area contributed by atoms with Gasteiger partial charge in [-0.15, -0.1) is 11.3 Å². The third-order valence-corrected chi connectivity index (χ3v) is 7.06. The van der Waals surface area contributed by atoms with Gasteiger partial charge in [-0.25, -0.2) is 4.98 Å². The van der Waals surface area contributed by atoms with E-state index in [0.29, 0.717) is 0 Å². The normalized spacial score (nSPS) is 11.8. The molecule has 0 aliphatic carbocycles. The van der Waals surface area contributed by atoms with Crippen LogP contribution in [0.2, 0.25) is 0 Å².